The van der Waals surface area contributed by atoms with Crippen LogP contribution in [0.1, 0.15) is 5.56 Å². The van der Waals surface area contributed by atoms with Crippen LogP contribution >= 0.6 is 23.2 Å². The third kappa shape index (κ3) is 3.12. The molecular weight excluding hydrogens is 251 g/mol. The smallest absolute Gasteiger partial charge is 0.258 e. The van der Waals surface area contributed by atoms with Crippen molar-refractivity contribution in [2.24, 2.45) is 0 Å². The van der Waals surface area contributed by atoms with Gasteiger partial charge in [-0.3, -0.25) is 10.1 Å². The van der Waals surface area contributed by atoms with Crippen LogP contribution in [-0.2, 0) is 0 Å². The molecule has 0 heterocycles. The van der Waals surface area contributed by atoms with Gasteiger partial charge in [0, 0.05) is 24.7 Å². The minimum absolute atomic E-state index is 0.384. The second-order valence-corrected chi connectivity index (χ2v) is 4.16. The zero-order chi connectivity index (χ0) is 12.3. The first-order valence-corrected chi connectivity index (χ1v) is 5.15. The van der Waals surface area contributed by atoms with Crippen molar-refractivity contribution in [3.8, 4) is 0 Å². The molecule has 0 spiro atoms. The van der Waals surface area contributed by atoms with Gasteiger partial charge in [0.15, 0.2) is 0 Å². The Balaban J connectivity index is 3.27. The Kier molecular flexibility index (Phi) is 4.15. The summed E-state index contributed by atoms with van der Waals surface area (Å²) < 4.78 is 0. The summed E-state index contributed by atoms with van der Waals surface area (Å²) in [6, 6.07) is 4.84. The summed E-state index contributed by atoms with van der Waals surface area (Å²) in [5.74, 6) is 0. The van der Waals surface area contributed by atoms with E-state index in [2.05, 4.69) is 0 Å². The summed E-state index contributed by atoms with van der Waals surface area (Å²) in [5.41, 5.74) is 0.999. The van der Waals surface area contributed by atoms with Gasteiger partial charge in [-0.05, 0) is 18.2 Å². The molecule has 0 unspecified atom stereocenters. The van der Waals surface area contributed by atoms with Crippen molar-refractivity contribution in [3.05, 3.63) is 50.1 Å². The van der Waals surface area contributed by atoms with Gasteiger partial charge < -0.3 is 4.90 Å². The van der Waals surface area contributed by atoms with Gasteiger partial charge in [0.1, 0.15) is 5.70 Å². The number of hydrogen-bond donors (Lipinski definition) is 0. The lowest BCUT2D eigenvalue weighted by atomic mass is 10.1. The van der Waals surface area contributed by atoms with Crippen molar-refractivity contribution in [2.75, 3.05) is 14.1 Å². The molecule has 0 aliphatic rings. The monoisotopic (exact) mass is 260 g/mol. The van der Waals surface area contributed by atoms with Gasteiger partial charge in [0.25, 0.3) is 6.20 Å². The molecule has 1 rings (SSSR count). The molecule has 0 N–H and O–H groups in total. The first kappa shape index (κ1) is 12.8. The van der Waals surface area contributed by atoms with Crippen LogP contribution in [-0.4, -0.2) is 23.9 Å². The number of nitrogens with zero attached hydrogens (tertiary/aromatic N) is 2. The number of benzene rings is 1. The van der Waals surface area contributed by atoms with E-state index in [1.54, 1.807) is 37.2 Å². The maximum absolute atomic E-state index is 10.5. The highest BCUT2D eigenvalue weighted by Crippen LogP contribution is 2.27. The second kappa shape index (κ2) is 5.18. The molecule has 16 heavy (non-hydrogen) atoms. The molecule has 0 radical (unpaired) electrons. The predicted molar refractivity (Wildman–Crippen MR) is 65.1 cm³/mol. The minimum atomic E-state index is -0.514. The van der Waals surface area contributed by atoms with E-state index in [1.165, 1.54) is 0 Å². The number of hydrogen-bond acceptors (Lipinski definition) is 3. The lowest BCUT2D eigenvalue weighted by Gasteiger charge is -2.15. The molecule has 0 fully saturated rings. The van der Waals surface area contributed by atoms with Crippen molar-refractivity contribution in [1.29, 1.82) is 0 Å². The highest BCUT2D eigenvalue weighted by atomic mass is 35.5. The average molecular weight is 261 g/mol. The fourth-order valence-corrected chi connectivity index (χ4v) is 1.73. The molecular formula is C10H10Cl2N2O2. The lowest BCUT2D eigenvalue weighted by molar-refractivity contribution is -0.402. The van der Waals surface area contributed by atoms with Gasteiger partial charge in [0.2, 0.25) is 0 Å². The third-order valence-corrected chi connectivity index (χ3v) is 2.46. The van der Waals surface area contributed by atoms with Crippen LogP contribution in [0.5, 0.6) is 0 Å². The maximum Gasteiger partial charge on any atom is 0.258 e. The van der Waals surface area contributed by atoms with Crippen LogP contribution in [0.4, 0.5) is 0 Å². The molecule has 0 saturated carbocycles. The average Bonchev–Trinajstić information content (AvgIpc) is 2.14. The molecule has 0 aliphatic carbocycles. The first-order chi connectivity index (χ1) is 7.41. The fourth-order valence-electron chi connectivity index (χ4n) is 1.22. The Labute approximate surface area is 103 Å². The van der Waals surface area contributed by atoms with E-state index >= 15 is 0 Å². The van der Waals surface area contributed by atoms with Crippen LogP contribution in [0.2, 0.25) is 10.0 Å². The highest BCUT2D eigenvalue weighted by molar-refractivity contribution is 6.35. The second-order valence-electron chi connectivity index (χ2n) is 3.32. The Bertz CT molecular complexity index is 444. The summed E-state index contributed by atoms with van der Waals surface area (Å²) in [4.78, 5) is 11.6. The number of rotatable bonds is 3. The standard InChI is InChI=1S/C10H10Cl2N2O2/c1-13(2)10(6-14(15)16)8-4-3-7(11)5-9(8)12/h3-6H,1-2H3. The van der Waals surface area contributed by atoms with Gasteiger partial charge in [-0.25, -0.2) is 0 Å². The SMILES string of the molecule is CN(C)C(=C[N+](=O)[O-])c1ccc(Cl)cc1Cl. The molecule has 0 atom stereocenters. The third-order valence-electron chi connectivity index (χ3n) is 1.92. The Morgan fingerprint density at radius 3 is 2.50 bits per heavy atom. The summed E-state index contributed by atoms with van der Waals surface area (Å²) in [6.45, 7) is 0. The summed E-state index contributed by atoms with van der Waals surface area (Å²) in [6.07, 6.45) is 0.912. The van der Waals surface area contributed by atoms with E-state index in [1.807, 2.05) is 0 Å². The summed E-state index contributed by atoms with van der Waals surface area (Å²) >= 11 is 11.7. The zero-order valence-corrected chi connectivity index (χ0v) is 10.3. The van der Waals surface area contributed by atoms with E-state index in [0.29, 0.717) is 21.3 Å². The lowest BCUT2D eigenvalue weighted by Crippen LogP contribution is -2.11. The molecule has 6 heteroatoms. The molecule has 0 bridgehead atoms. The Hall–Kier alpha value is -1.26. The summed E-state index contributed by atoms with van der Waals surface area (Å²) in [7, 11) is 3.42. The molecule has 4 nitrogen and oxygen atoms in total. The van der Waals surface area contributed by atoms with Crippen LogP contribution in [0.15, 0.2) is 24.4 Å². The molecule has 1 aromatic rings. The Morgan fingerprint density at radius 1 is 1.44 bits per heavy atom. The quantitative estimate of drug-likeness (QED) is 0.620. The van der Waals surface area contributed by atoms with Crippen molar-refractivity contribution in [2.45, 2.75) is 0 Å². The number of nitro groups is 1. The van der Waals surface area contributed by atoms with Gasteiger partial charge in [-0.15, -0.1) is 0 Å². The van der Waals surface area contributed by atoms with Crippen LogP contribution in [0.25, 0.3) is 5.70 Å². The van der Waals surface area contributed by atoms with E-state index in [-0.39, 0.29) is 0 Å². The largest absolute Gasteiger partial charge is 0.372 e. The van der Waals surface area contributed by atoms with E-state index in [4.69, 9.17) is 23.2 Å². The topological polar surface area (TPSA) is 46.4 Å². The molecule has 0 aromatic heterocycles. The molecule has 0 aliphatic heterocycles. The zero-order valence-electron chi connectivity index (χ0n) is 8.78. The van der Waals surface area contributed by atoms with Crippen LogP contribution in [0, 0.1) is 10.1 Å². The number of halogens is 2. The van der Waals surface area contributed by atoms with E-state index in [0.717, 1.165) is 6.20 Å². The van der Waals surface area contributed by atoms with Crippen LogP contribution < -0.4 is 0 Å². The minimum Gasteiger partial charge on any atom is -0.372 e. The van der Waals surface area contributed by atoms with Crippen LogP contribution in [0.3, 0.4) is 0 Å². The first-order valence-electron chi connectivity index (χ1n) is 4.40. The molecule has 0 amide bonds. The molecule has 86 valence electrons. The maximum atomic E-state index is 10.5. The van der Waals surface area contributed by atoms with Gasteiger partial charge >= 0.3 is 0 Å². The van der Waals surface area contributed by atoms with Crippen molar-refractivity contribution in [3.63, 3.8) is 0 Å². The summed E-state index contributed by atoms with van der Waals surface area (Å²) in [5, 5.41) is 11.4. The van der Waals surface area contributed by atoms with Gasteiger partial charge in [-0.2, -0.15) is 0 Å². The predicted octanol–water partition coefficient (Wildman–Crippen LogP) is 3.13. The molecule has 0 saturated heterocycles. The van der Waals surface area contributed by atoms with Gasteiger partial charge in [0.05, 0.1) is 9.95 Å². The highest BCUT2D eigenvalue weighted by Gasteiger charge is 2.12. The van der Waals surface area contributed by atoms with E-state index < -0.39 is 4.92 Å². The Morgan fingerprint density at radius 2 is 2.06 bits per heavy atom. The van der Waals surface area contributed by atoms with Gasteiger partial charge in [-0.1, -0.05) is 23.2 Å². The van der Waals surface area contributed by atoms with E-state index in [9.17, 15) is 10.1 Å². The molecule has 1 aromatic carbocycles. The normalized spacial score (nSPS) is 11.4. The van der Waals surface area contributed by atoms with Crippen molar-refractivity contribution in [1.82, 2.24) is 4.90 Å². The van der Waals surface area contributed by atoms with Crippen molar-refractivity contribution < 1.29 is 4.92 Å². The fraction of sp³-hybridized carbons (Fsp3) is 0.200. The van der Waals surface area contributed by atoms with Crippen molar-refractivity contribution >= 4 is 28.9 Å².